The Labute approximate surface area is 136 Å². The molecular formula is C19H21N3O. The number of aliphatic hydroxyl groups is 1. The number of hydrogen-bond donors (Lipinski definition) is 1. The van der Waals surface area contributed by atoms with Crippen molar-refractivity contribution >= 4 is 27.5 Å². The first kappa shape index (κ1) is 14.4. The molecule has 4 heteroatoms. The highest BCUT2D eigenvalue weighted by Crippen LogP contribution is 2.34. The van der Waals surface area contributed by atoms with Crippen LogP contribution in [0.2, 0.25) is 0 Å². The Balaban J connectivity index is 1.81. The minimum atomic E-state index is 0.237. The first-order chi connectivity index (χ1) is 11.4. The maximum Gasteiger partial charge on any atom is 0.0730 e. The number of pyridine rings is 1. The van der Waals surface area contributed by atoms with Crippen molar-refractivity contribution in [3.05, 3.63) is 48.5 Å². The molecule has 0 radical (unpaired) electrons. The van der Waals surface area contributed by atoms with Crippen molar-refractivity contribution in [2.45, 2.75) is 0 Å². The highest BCUT2D eigenvalue weighted by Gasteiger charge is 2.20. The van der Waals surface area contributed by atoms with Gasteiger partial charge in [0.15, 0.2) is 0 Å². The molecule has 0 aliphatic carbocycles. The van der Waals surface area contributed by atoms with Gasteiger partial charge in [-0.15, -0.1) is 0 Å². The van der Waals surface area contributed by atoms with Gasteiger partial charge in [0.05, 0.1) is 23.3 Å². The normalized spacial score (nSPS) is 16.3. The molecule has 1 fully saturated rings. The summed E-state index contributed by atoms with van der Waals surface area (Å²) in [5.74, 6) is 0. The van der Waals surface area contributed by atoms with E-state index in [1.807, 2.05) is 12.1 Å². The standard InChI is InChI=1S/C19H21N3O/c23-14-13-21-9-11-22(12-10-21)19-15-5-1-3-7-17(15)20-18-8-4-2-6-16(18)19/h1-8,23H,9-14H2. The summed E-state index contributed by atoms with van der Waals surface area (Å²) in [6.07, 6.45) is 0. The maximum absolute atomic E-state index is 9.12. The van der Waals surface area contributed by atoms with E-state index in [1.165, 1.54) is 16.5 Å². The molecule has 0 saturated carbocycles. The highest BCUT2D eigenvalue weighted by molar-refractivity contribution is 6.07. The first-order valence-corrected chi connectivity index (χ1v) is 8.22. The summed E-state index contributed by atoms with van der Waals surface area (Å²) in [6, 6.07) is 16.8. The molecule has 1 aliphatic heterocycles. The maximum atomic E-state index is 9.12. The van der Waals surface area contributed by atoms with Crippen molar-refractivity contribution in [2.24, 2.45) is 0 Å². The Kier molecular flexibility index (Phi) is 3.85. The minimum Gasteiger partial charge on any atom is -0.395 e. The average Bonchev–Trinajstić information content (AvgIpc) is 2.61. The van der Waals surface area contributed by atoms with Crippen LogP contribution >= 0.6 is 0 Å². The van der Waals surface area contributed by atoms with Gasteiger partial charge in [0.25, 0.3) is 0 Å². The van der Waals surface area contributed by atoms with Crippen LogP contribution in [0.1, 0.15) is 0 Å². The SMILES string of the molecule is OCCN1CCN(c2c3ccccc3nc3ccccc23)CC1. The van der Waals surface area contributed by atoms with Crippen molar-refractivity contribution in [1.29, 1.82) is 0 Å². The van der Waals surface area contributed by atoms with Gasteiger partial charge in [0, 0.05) is 43.5 Å². The van der Waals surface area contributed by atoms with Crippen molar-refractivity contribution in [1.82, 2.24) is 9.88 Å². The second-order valence-corrected chi connectivity index (χ2v) is 6.05. The molecule has 2 heterocycles. The zero-order valence-corrected chi connectivity index (χ0v) is 13.2. The molecule has 3 aromatic rings. The summed E-state index contributed by atoms with van der Waals surface area (Å²) in [6.45, 7) is 4.96. The summed E-state index contributed by atoms with van der Waals surface area (Å²) >= 11 is 0. The topological polar surface area (TPSA) is 39.6 Å². The number of nitrogens with zero attached hydrogens (tertiary/aromatic N) is 3. The third-order valence-corrected chi connectivity index (χ3v) is 4.66. The van der Waals surface area contributed by atoms with Gasteiger partial charge >= 0.3 is 0 Å². The van der Waals surface area contributed by atoms with Gasteiger partial charge in [-0.1, -0.05) is 36.4 Å². The Hall–Kier alpha value is -2.17. The quantitative estimate of drug-likeness (QED) is 0.755. The second kappa shape index (κ2) is 6.14. The largest absolute Gasteiger partial charge is 0.395 e. The van der Waals surface area contributed by atoms with E-state index < -0.39 is 0 Å². The number of hydrogen-bond acceptors (Lipinski definition) is 4. The lowest BCUT2D eigenvalue weighted by Crippen LogP contribution is -2.47. The number of benzene rings is 2. The monoisotopic (exact) mass is 307 g/mol. The van der Waals surface area contributed by atoms with Gasteiger partial charge in [-0.25, -0.2) is 4.98 Å². The average molecular weight is 307 g/mol. The Morgan fingerprint density at radius 1 is 0.826 bits per heavy atom. The number of anilines is 1. The van der Waals surface area contributed by atoms with Crippen molar-refractivity contribution in [3.63, 3.8) is 0 Å². The summed E-state index contributed by atoms with van der Waals surface area (Å²) in [5.41, 5.74) is 3.41. The van der Waals surface area contributed by atoms with E-state index in [-0.39, 0.29) is 6.61 Å². The van der Waals surface area contributed by atoms with Crippen LogP contribution in [-0.2, 0) is 0 Å². The second-order valence-electron chi connectivity index (χ2n) is 6.05. The molecule has 118 valence electrons. The van der Waals surface area contributed by atoms with Crippen LogP contribution in [0.15, 0.2) is 48.5 Å². The fourth-order valence-corrected chi connectivity index (χ4v) is 3.49. The van der Waals surface area contributed by atoms with Crippen molar-refractivity contribution < 1.29 is 5.11 Å². The summed E-state index contributed by atoms with van der Waals surface area (Å²) < 4.78 is 0. The van der Waals surface area contributed by atoms with Gasteiger partial charge in [-0.05, 0) is 12.1 Å². The van der Waals surface area contributed by atoms with E-state index in [1.54, 1.807) is 0 Å². The molecule has 1 aliphatic rings. The molecule has 23 heavy (non-hydrogen) atoms. The lowest BCUT2D eigenvalue weighted by molar-refractivity contribution is 0.189. The molecule has 1 saturated heterocycles. The van der Waals surface area contributed by atoms with E-state index in [0.29, 0.717) is 0 Å². The molecule has 0 atom stereocenters. The van der Waals surface area contributed by atoms with Gasteiger partial charge < -0.3 is 10.0 Å². The van der Waals surface area contributed by atoms with Gasteiger partial charge in [-0.3, -0.25) is 4.90 Å². The molecule has 1 N–H and O–H groups in total. The summed E-state index contributed by atoms with van der Waals surface area (Å²) in [7, 11) is 0. The van der Waals surface area contributed by atoms with Crippen LogP contribution in [0.5, 0.6) is 0 Å². The van der Waals surface area contributed by atoms with E-state index in [2.05, 4.69) is 46.2 Å². The molecule has 0 bridgehead atoms. The van der Waals surface area contributed by atoms with E-state index in [0.717, 1.165) is 43.8 Å². The molecule has 2 aromatic carbocycles. The van der Waals surface area contributed by atoms with Crippen LogP contribution in [0, 0.1) is 0 Å². The molecular weight excluding hydrogens is 286 g/mol. The highest BCUT2D eigenvalue weighted by atomic mass is 16.3. The predicted octanol–water partition coefficient (Wildman–Crippen LogP) is 2.50. The van der Waals surface area contributed by atoms with Crippen LogP contribution in [0.25, 0.3) is 21.8 Å². The zero-order chi connectivity index (χ0) is 15.6. The Bertz CT molecular complexity index is 771. The van der Waals surface area contributed by atoms with Gasteiger partial charge in [0.2, 0.25) is 0 Å². The van der Waals surface area contributed by atoms with Gasteiger partial charge in [-0.2, -0.15) is 0 Å². The number of β-amino-alcohol motifs (C(OH)–C–C–N with tert-alkyl or cyclic N) is 1. The van der Waals surface area contributed by atoms with Crippen molar-refractivity contribution in [2.75, 3.05) is 44.2 Å². The van der Waals surface area contributed by atoms with E-state index >= 15 is 0 Å². The van der Waals surface area contributed by atoms with E-state index in [9.17, 15) is 0 Å². The third-order valence-electron chi connectivity index (χ3n) is 4.66. The number of para-hydroxylation sites is 2. The lowest BCUT2D eigenvalue weighted by atomic mass is 10.1. The third kappa shape index (κ3) is 2.64. The summed E-state index contributed by atoms with van der Waals surface area (Å²) in [4.78, 5) is 9.60. The smallest absolute Gasteiger partial charge is 0.0730 e. The number of fused-ring (bicyclic) bond motifs is 2. The van der Waals surface area contributed by atoms with Crippen LogP contribution in [0.3, 0.4) is 0 Å². The number of rotatable bonds is 3. The fourth-order valence-electron chi connectivity index (χ4n) is 3.49. The molecule has 1 aromatic heterocycles. The molecule has 4 nitrogen and oxygen atoms in total. The fraction of sp³-hybridized carbons (Fsp3) is 0.316. The summed E-state index contributed by atoms with van der Waals surface area (Å²) in [5, 5.41) is 11.6. The molecule has 0 spiro atoms. The predicted molar refractivity (Wildman–Crippen MR) is 95.0 cm³/mol. The number of piperazine rings is 1. The van der Waals surface area contributed by atoms with Crippen LogP contribution < -0.4 is 4.90 Å². The van der Waals surface area contributed by atoms with Crippen LogP contribution in [-0.4, -0.2) is 54.3 Å². The molecule has 4 rings (SSSR count). The van der Waals surface area contributed by atoms with Crippen LogP contribution in [0.4, 0.5) is 5.69 Å². The van der Waals surface area contributed by atoms with E-state index in [4.69, 9.17) is 10.1 Å². The molecule has 0 unspecified atom stereocenters. The number of aromatic nitrogens is 1. The number of aliphatic hydroxyl groups excluding tert-OH is 1. The lowest BCUT2D eigenvalue weighted by Gasteiger charge is -2.36. The first-order valence-electron chi connectivity index (χ1n) is 8.22. The Morgan fingerprint density at radius 2 is 1.39 bits per heavy atom. The molecule has 0 amide bonds. The minimum absolute atomic E-state index is 0.237. The Morgan fingerprint density at radius 3 is 1.96 bits per heavy atom. The zero-order valence-electron chi connectivity index (χ0n) is 13.2. The van der Waals surface area contributed by atoms with Crippen molar-refractivity contribution in [3.8, 4) is 0 Å². The van der Waals surface area contributed by atoms with Gasteiger partial charge in [0.1, 0.15) is 0 Å².